The summed E-state index contributed by atoms with van der Waals surface area (Å²) >= 11 is 0. The van der Waals surface area contributed by atoms with E-state index in [2.05, 4.69) is 10.9 Å². The molecule has 0 radical (unpaired) electrons. The van der Waals surface area contributed by atoms with E-state index in [1.807, 2.05) is 13.8 Å². The summed E-state index contributed by atoms with van der Waals surface area (Å²) in [5, 5.41) is 0. The van der Waals surface area contributed by atoms with Gasteiger partial charge in [-0.25, -0.2) is 4.39 Å². The monoisotopic (exact) mass is 267 g/mol. The van der Waals surface area contributed by atoms with Gasteiger partial charge in [0.1, 0.15) is 5.82 Å². The quantitative estimate of drug-likeness (QED) is 0.710. The second kappa shape index (κ2) is 6.84. The predicted molar refractivity (Wildman–Crippen MR) is 69.4 cm³/mol. The van der Waals surface area contributed by atoms with Crippen LogP contribution in [0, 0.1) is 11.7 Å². The van der Waals surface area contributed by atoms with Crippen LogP contribution in [0.4, 0.5) is 4.39 Å². The molecule has 104 valence electrons. The fraction of sp³-hybridized carbons (Fsp3) is 0.385. The van der Waals surface area contributed by atoms with Crippen molar-refractivity contribution in [2.45, 2.75) is 26.3 Å². The van der Waals surface area contributed by atoms with Crippen molar-refractivity contribution < 1.29 is 14.0 Å². The first kappa shape index (κ1) is 15.1. The van der Waals surface area contributed by atoms with Gasteiger partial charge in [0.25, 0.3) is 11.8 Å². The van der Waals surface area contributed by atoms with Crippen LogP contribution in [0.2, 0.25) is 0 Å². The van der Waals surface area contributed by atoms with Gasteiger partial charge in [-0.3, -0.25) is 20.4 Å². The van der Waals surface area contributed by atoms with Crippen LogP contribution in [0.1, 0.15) is 30.6 Å². The Bertz CT molecular complexity index is 463. The zero-order chi connectivity index (χ0) is 14.4. The molecule has 1 atom stereocenters. The van der Waals surface area contributed by atoms with Crippen molar-refractivity contribution in [2.75, 3.05) is 0 Å². The Balaban J connectivity index is 2.48. The average molecular weight is 267 g/mol. The SMILES string of the molecule is CC(C)CC(N)C(=O)NNC(=O)c1cccc(F)c1. The van der Waals surface area contributed by atoms with Crippen molar-refractivity contribution in [3.05, 3.63) is 35.6 Å². The second-order valence-electron chi connectivity index (χ2n) is 4.69. The number of nitrogens with two attached hydrogens (primary N) is 1. The lowest BCUT2D eigenvalue weighted by molar-refractivity contribution is -0.123. The molecule has 0 saturated carbocycles. The number of hydrogen-bond donors (Lipinski definition) is 3. The van der Waals surface area contributed by atoms with Gasteiger partial charge in [0.05, 0.1) is 6.04 Å². The third-order valence-corrected chi connectivity index (χ3v) is 2.45. The minimum Gasteiger partial charge on any atom is -0.320 e. The fourth-order valence-corrected chi connectivity index (χ4v) is 1.53. The van der Waals surface area contributed by atoms with Crippen LogP contribution in [0.3, 0.4) is 0 Å². The first-order valence-corrected chi connectivity index (χ1v) is 6.01. The Labute approximate surface area is 111 Å². The maximum Gasteiger partial charge on any atom is 0.269 e. The minimum atomic E-state index is -0.687. The number of amides is 2. The van der Waals surface area contributed by atoms with Crippen LogP contribution in [0.5, 0.6) is 0 Å². The summed E-state index contributed by atoms with van der Waals surface area (Å²) < 4.78 is 12.9. The molecule has 5 nitrogen and oxygen atoms in total. The van der Waals surface area contributed by atoms with E-state index in [9.17, 15) is 14.0 Å². The lowest BCUT2D eigenvalue weighted by atomic mass is 10.0. The summed E-state index contributed by atoms with van der Waals surface area (Å²) in [6.45, 7) is 3.89. The molecule has 6 heteroatoms. The fourth-order valence-electron chi connectivity index (χ4n) is 1.53. The molecule has 0 spiro atoms. The maximum absolute atomic E-state index is 12.9. The highest BCUT2D eigenvalue weighted by Gasteiger charge is 2.15. The highest BCUT2D eigenvalue weighted by molar-refractivity contribution is 5.95. The molecule has 1 unspecified atom stereocenters. The molecule has 0 aliphatic carbocycles. The Kier molecular flexibility index (Phi) is 5.44. The van der Waals surface area contributed by atoms with Gasteiger partial charge in [0.15, 0.2) is 0 Å². The highest BCUT2D eigenvalue weighted by Crippen LogP contribution is 2.03. The number of rotatable bonds is 4. The summed E-state index contributed by atoms with van der Waals surface area (Å²) in [6, 6.07) is 4.48. The van der Waals surface area contributed by atoms with Crippen LogP contribution in [-0.4, -0.2) is 17.9 Å². The van der Waals surface area contributed by atoms with Gasteiger partial charge < -0.3 is 5.73 Å². The molecular weight excluding hydrogens is 249 g/mol. The number of halogens is 1. The highest BCUT2D eigenvalue weighted by atomic mass is 19.1. The number of carbonyl (C=O) groups excluding carboxylic acids is 2. The van der Waals surface area contributed by atoms with Gasteiger partial charge in [-0.05, 0) is 30.5 Å². The third-order valence-electron chi connectivity index (χ3n) is 2.45. The normalized spacial score (nSPS) is 12.1. The van der Waals surface area contributed by atoms with Crippen LogP contribution in [-0.2, 0) is 4.79 Å². The number of nitrogens with one attached hydrogen (secondary N) is 2. The standard InChI is InChI=1S/C13H18FN3O2/c1-8(2)6-11(15)13(19)17-16-12(18)9-4-3-5-10(14)7-9/h3-5,7-8,11H,6,15H2,1-2H3,(H,16,18)(H,17,19). The number of hydrazine groups is 1. The Morgan fingerprint density at radius 2 is 2.00 bits per heavy atom. The van der Waals surface area contributed by atoms with Gasteiger partial charge in [-0.2, -0.15) is 0 Å². The molecule has 0 aromatic heterocycles. The maximum atomic E-state index is 12.9. The number of benzene rings is 1. The summed E-state index contributed by atoms with van der Waals surface area (Å²) in [4.78, 5) is 23.2. The lowest BCUT2D eigenvalue weighted by Gasteiger charge is -2.14. The molecule has 19 heavy (non-hydrogen) atoms. The van der Waals surface area contributed by atoms with Crippen LogP contribution < -0.4 is 16.6 Å². The first-order chi connectivity index (χ1) is 8.90. The van der Waals surface area contributed by atoms with Crippen molar-refractivity contribution in [3.63, 3.8) is 0 Å². The molecule has 4 N–H and O–H groups in total. The van der Waals surface area contributed by atoms with Gasteiger partial charge in [0.2, 0.25) is 0 Å². The van der Waals surface area contributed by atoms with Crippen LogP contribution in [0.25, 0.3) is 0 Å². The molecule has 1 aromatic rings. The van der Waals surface area contributed by atoms with Gasteiger partial charge in [0, 0.05) is 5.56 Å². The van der Waals surface area contributed by atoms with Gasteiger partial charge >= 0.3 is 0 Å². The zero-order valence-electron chi connectivity index (χ0n) is 10.9. The minimum absolute atomic E-state index is 0.123. The smallest absolute Gasteiger partial charge is 0.269 e. The van der Waals surface area contributed by atoms with E-state index < -0.39 is 23.7 Å². The molecule has 0 fully saturated rings. The Morgan fingerprint density at radius 1 is 1.32 bits per heavy atom. The topological polar surface area (TPSA) is 84.2 Å². The zero-order valence-corrected chi connectivity index (χ0v) is 10.9. The molecule has 0 aliphatic heterocycles. The van der Waals surface area contributed by atoms with Crippen molar-refractivity contribution in [2.24, 2.45) is 11.7 Å². The summed E-state index contributed by atoms with van der Waals surface area (Å²) in [6.07, 6.45) is 0.516. The number of hydrogen-bond acceptors (Lipinski definition) is 3. The van der Waals surface area contributed by atoms with Crippen LogP contribution >= 0.6 is 0 Å². The third kappa shape index (κ3) is 5.05. The van der Waals surface area contributed by atoms with E-state index in [-0.39, 0.29) is 11.5 Å². The summed E-state index contributed by atoms with van der Waals surface area (Å²) in [5.41, 5.74) is 10.2. The van der Waals surface area contributed by atoms with Crippen molar-refractivity contribution in [3.8, 4) is 0 Å². The van der Waals surface area contributed by atoms with Crippen LogP contribution in [0.15, 0.2) is 24.3 Å². The molecule has 0 aliphatic rings. The van der Waals surface area contributed by atoms with E-state index in [0.717, 1.165) is 6.07 Å². The van der Waals surface area contributed by atoms with Crippen molar-refractivity contribution in [1.82, 2.24) is 10.9 Å². The second-order valence-corrected chi connectivity index (χ2v) is 4.69. The molecule has 0 saturated heterocycles. The Morgan fingerprint density at radius 3 is 2.58 bits per heavy atom. The van der Waals surface area contributed by atoms with Gasteiger partial charge in [-0.1, -0.05) is 19.9 Å². The molecule has 0 bridgehead atoms. The first-order valence-electron chi connectivity index (χ1n) is 6.01. The van der Waals surface area contributed by atoms with Crippen molar-refractivity contribution in [1.29, 1.82) is 0 Å². The largest absolute Gasteiger partial charge is 0.320 e. The van der Waals surface area contributed by atoms with E-state index in [4.69, 9.17) is 5.73 Å². The number of carbonyl (C=O) groups is 2. The average Bonchev–Trinajstić information content (AvgIpc) is 2.34. The molecule has 2 amide bonds. The van der Waals surface area contributed by atoms with E-state index in [1.54, 1.807) is 0 Å². The van der Waals surface area contributed by atoms with E-state index in [0.29, 0.717) is 6.42 Å². The predicted octanol–water partition coefficient (Wildman–Crippen LogP) is 0.960. The molecule has 0 heterocycles. The van der Waals surface area contributed by atoms with E-state index >= 15 is 0 Å². The molecule has 1 aromatic carbocycles. The van der Waals surface area contributed by atoms with Crippen molar-refractivity contribution >= 4 is 11.8 Å². The van der Waals surface area contributed by atoms with E-state index in [1.165, 1.54) is 18.2 Å². The van der Waals surface area contributed by atoms with Gasteiger partial charge in [-0.15, -0.1) is 0 Å². The summed E-state index contributed by atoms with van der Waals surface area (Å²) in [5.74, 6) is -1.31. The molecular formula is C13H18FN3O2. The molecule has 1 rings (SSSR count). The lowest BCUT2D eigenvalue weighted by Crippen LogP contribution is -2.49. The summed E-state index contributed by atoms with van der Waals surface area (Å²) in [7, 11) is 0. The Hall–Kier alpha value is -1.95.